The molecular weight excluding hydrogens is 295 g/mol. The Hall–Kier alpha value is -1.70. The number of carboxylic acids is 1. The molecular formula is C12H12F3NO3S. The van der Waals surface area contributed by atoms with Gasteiger partial charge in [0.15, 0.2) is 0 Å². The average molecular weight is 307 g/mol. The van der Waals surface area contributed by atoms with Crippen LogP contribution in [0.3, 0.4) is 0 Å². The molecule has 0 atom stereocenters. The van der Waals surface area contributed by atoms with Gasteiger partial charge in [-0.05, 0) is 30.3 Å². The zero-order chi connectivity index (χ0) is 15.2. The monoisotopic (exact) mass is 307 g/mol. The molecule has 0 bridgehead atoms. The predicted molar refractivity (Wildman–Crippen MR) is 67.6 cm³/mol. The van der Waals surface area contributed by atoms with Crippen LogP contribution in [0.25, 0.3) is 0 Å². The third-order valence-corrected chi connectivity index (χ3v) is 3.02. The van der Waals surface area contributed by atoms with Gasteiger partial charge in [0.25, 0.3) is 5.91 Å². The minimum absolute atomic E-state index is 0.0786. The summed E-state index contributed by atoms with van der Waals surface area (Å²) in [5.41, 5.74) is -4.55. The second-order valence-electron chi connectivity index (χ2n) is 3.80. The lowest BCUT2D eigenvalue weighted by Gasteiger charge is -2.11. The molecule has 0 saturated carbocycles. The van der Waals surface area contributed by atoms with Crippen molar-refractivity contribution in [3.05, 3.63) is 29.8 Å². The lowest BCUT2D eigenvalue weighted by atomic mass is 10.2. The fraction of sp³-hybridized carbons (Fsp3) is 0.333. The number of carbonyl (C=O) groups excluding carboxylic acids is 1. The molecule has 1 aromatic carbocycles. The summed E-state index contributed by atoms with van der Waals surface area (Å²) in [7, 11) is 0. The Kier molecular flexibility index (Phi) is 5.87. The second-order valence-corrected chi connectivity index (χ2v) is 4.90. The topological polar surface area (TPSA) is 66.4 Å². The third kappa shape index (κ3) is 5.96. The van der Waals surface area contributed by atoms with Crippen molar-refractivity contribution in [3.8, 4) is 0 Å². The molecule has 0 unspecified atom stereocenters. The fourth-order valence-electron chi connectivity index (χ4n) is 1.40. The number of amides is 1. The van der Waals surface area contributed by atoms with Gasteiger partial charge in [-0.15, -0.1) is 0 Å². The molecule has 1 amide bonds. The highest BCUT2D eigenvalue weighted by molar-refractivity contribution is 8.00. The van der Waals surface area contributed by atoms with E-state index in [1.807, 2.05) is 0 Å². The molecule has 0 aliphatic rings. The summed E-state index contributed by atoms with van der Waals surface area (Å²) >= 11 is -0.355. The van der Waals surface area contributed by atoms with Crippen molar-refractivity contribution in [3.63, 3.8) is 0 Å². The summed E-state index contributed by atoms with van der Waals surface area (Å²) in [5, 5.41) is 10.8. The quantitative estimate of drug-likeness (QED) is 0.626. The third-order valence-electron chi connectivity index (χ3n) is 2.21. The summed E-state index contributed by atoms with van der Waals surface area (Å²) in [5.74, 6) is -1.64. The summed E-state index contributed by atoms with van der Waals surface area (Å²) in [4.78, 5) is 21.9. The van der Waals surface area contributed by atoms with Crippen LogP contribution < -0.4 is 5.32 Å². The first-order valence-corrected chi connectivity index (χ1v) is 6.46. The molecule has 110 valence electrons. The van der Waals surface area contributed by atoms with Gasteiger partial charge in [0.05, 0.1) is 5.56 Å². The SMILES string of the molecule is O=C(O)CCCNC(=O)c1ccccc1SC(F)(F)F. The maximum atomic E-state index is 12.3. The highest BCUT2D eigenvalue weighted by Crippen LogP contribution is 2.38. The fourth-order valence-corrected chi connectivity index (χ4v) is 2.07. The van der Waals surface area contributed by atoms with E-state index in [0.29, 0.717) is 0 Å². The largest absolute Gasteiger partial charge is 0.481 e. The number of aliphatic carboxylic acids is 1. The Morgan fingerprint density at radius 2 is 1.90 bits per heavy atom. The lowest BCUT2D eigenvalue weighted by molar-refractivity contribution is -0.137. The van der Waals surface area contributed by atoms with E-state index in [-0.39, 0.29) is 41.6 Å². The molecule has 0 aliphatic heterocycles. The van der Waals surface area contributed by atoms with Gasteiger partial charge < -0.3 is 10.4 Å². The predicted octanol–water partition coefficient (Wildman–Crippen LogP) is 2.89. The van der Waals surface area contributed by atoms with Gasteiger partial charge in [-0.1, -0.05) is 12.1 Å². The molecule has 0 spiro atoms. The van der Waals surface area contributed by atoms with E-state index in [1.54, 1.807) is 0 Å². The summed E-state index contributed by atoms with van der Waals surface area (Å²) in [6, 6.07) is 5.38. The Bertz CT molecular complexity index is 491. The molecule has 0 aliphatic carbocycles. The van der Waals surface area contributed by atoms with Crippen molar-refractivity contribution >= 4 is 23.6 Å². The molecule has 0 aromatic heterocycles. The summed E-state index contributed by atoms with van der Waals surface area (Å²) in [6.07, 6.45) is 0.106. The molecule has 20 heavy (non-hydrogen) atoms. The number of rotatable bonds is 6. The highest BCUT2D eigenvalue weighted by atomic mass is 32.2. The van der Waals surface area contributed by atoms with Crippen molar-refractivity contribution in [2.45, 2.75) is 23.2 Å². The molecule has 8 heteroatoms. The van der Waals surface area contributed by atoms with E-state index in [1.165, 1.54) is 24.3 Å². The minimum atomic E-state index is -4.47. The Morgan fingerprint density at radius 3 is 2.50 bits per heavy atom. The van der Waals surface area contributed by atoms with Crippen molar-refractivity contribution in [2.24, 2.45) is 0 Å². The summed E-state index contributed by atoms with van der Waals surface area (Å²) in [6.45, 7) is 0.0934. The van der Waals surface area contributed by atoms with Crippen LogP contribution in [0, 0.1) is 0 Å². The van der Waals surface area contributed by atoms with Gasteiger partial charge in [0.2, 0.25) is 0 Å². The first-order valence-electron chi connectivity index (χ1n) is 5.64. The number of hydrogen-bond acceptors (Lipinski definition) is 3. The Labute approximate surface area is 117 Å². The lowest BCUT2D eigenvalue weighted by Crippen LogP contribution is -2.25. The summed E-state index contributed by atoms with van der Waals surface area (Å²) < 4.78 is 37.0. The van der Waals surface area contributed by atoms with E-state index in [4.69, 9.17) is 5.11 Å². The number of hydrogen-bond donors (Lipinski definition) is 2. The van der Waals surface area contributed by atoms with Crippen LogP contribution >= 0.6 is 11.8 Å². The first-order chi connectivity index (χ1) is 9.29. The number of alkyl halides is 3. The van der Waals surface area contributed by atoms with Gasteiger partial charge in [-0.2, -0.15) is 13.2 Å². The van der Waals surface area contributed by atoms with Crippen LogP contribution in [0.2, 0.25) is 0 Å². The van der Waals surface area contributed by atoms with Gasteiger partial charge in [-0.25, -0.2) is 0 Å². The molecule has 0 radical (unpaired) electrons. The maximum absolute atomic E-state index is 12.3. The normalized spacial score (nSPS) is 11.2. The van der Waals surface area contributed by atoms with E-state index in [2.05, 4.69) is 5.32 Å². The minimum Gasteiger partial charge on any atom is -0.481 e. The van der Waals surface area contributed by atoms with Crippen LogP contribution in [0.4, 0.5) is 13.2 Å². The van der Waals surface area contributed by atoms with Crippen LogP contribution in [-0.4, -0.2) is 29.0 Å². The smallest absolute Gasteiger partial charge is 0.446 e. The van der Waals surface area contributed by atoms with E-state index < -0.39 is 17.4 Å². The van der Waals surface area contributed by atoms with Crippen LogP contribution in [0.5, 0.6) is 0 Å². The standard InChI is InChI=1S/C12H12F3NO3S/c13-12(14,15)20-9-5-2-1-4-8(9)11(19)16-7-3-6-10(17)18/h1-2,4-5H,3,6-7H2,(H,16,19)(H,17,18). The van der Waals surface area contributed by atoms with Crippen molar-refractivity contribution in [2.75, 3.05) is 6.54 Å². The van der Waals surface area contributed by atoms with E-state index in [0.717, 1.165) is 0 Å². The zero-order valence-corrected chi connectivity index (χ0v) is 11.1. The molecule has 0 fully saturated rings. The highest BCUT2D eigenvalue weighted by Gasteiger charge is 2.31. The Balaban J connectivity index is 2.65. The van der Waals surface area contributed by atoms with Crippen LogP contribution in [0.1, 0.15) is 23.2 Å². The Morgan fingerprint density at radius 1 is 1.25 bits per heavy atom. The number of thioether (sulfide) groups is 1. The molecule has 4 nitrogen and oxygen atoms in total. The maximum Gasteiger partial charge on any atom is 0.446 e. The zero-order valence-electron chi connectivity index (χ0n) is 10.2. The van der Waals surface area contributed by atoms with Crippen molar-refractivity contribution in [1.82, 2.24) is 5.32 Å². The molecule has 0 heterocycles. The molecule has 1 aromatic rings. The number of carboxylic acid groups (broad SMARTS) is 1. The molecule has 0 saturated heterocycles. The van der Waals surface area contributed by atoms with Crippen LogP contribution in [-0.2, 0) is 4.79 Å². The average Bonchev–Trinajstić information content (AvgIpc) is 2.33. The number of benzene rings is 1. The van der Waals surface area contributed by atoms with Crippen molar-refractivity contribution < 1.29 is 27.9 Å². The molecule has 2 N–H and O–H groups in total. The van der Waals surface area contributed by atoms with Crippen LogP contribution in [0.15, 0.2) is 29.2 Å². The van der Waals surface area contributed by atoms with E-state index in [9.17, 15) is 22.8 Å². The number of halogens is 3. The van der Waals surface area contributed by atoms with Crippen molar-refractivity contribution in [1.29, 1.82) is 0 Å². The first kappa shape index (κ1) is 16.4. The van der Waals surface area contributed by atoms with Gasteiger partial charge >= 0.3 is 11.5 Å². The number of carbonyl (C=O) groups is 2. The molecule has 1 rings (SSSR count). The van der Waals surface area contributed by atoms with Gasteiger partial charge in [-0.3, -0.25) is 9.59 Å². The van der Waals surface area contributed by atoms with Gasteiger partial charge in [0.1, 0.15) is 0 Å². The van der Waals surface area contributed by atoms with Gasteiger partial charge in [0, 0.05) is 17.9 Å². The number of nitrogens with one attached hydrogen (secondary N) is 1. The van der Waals surface area contributed by atoms with E-state index >= 15 is 0 Å². The second kappa shape index (κ2) is 7.18.